The van der Waals surface area contributed by atoms with Gasteiger partial charge in [0.25, 0.3) is 0 Å². The Hall–Kier alpha value is -1.58. The second-order valence-corrected chi connectivity index (χ2v) is 5.25. The van der Waals surface area contributed by atoms with Gasteiger partial charge in [-0.25, -0.2) is 0 Å². The predicted octanol–water partition coefficient (Wildman–Crippen LogP) is 3.10. The Bertz CT molecular complexity index is 468. The van der Waals surface area contributed by atoms with Crippen molar-refractivity contribution in [2.75, 3.05) is 14.2 Å². The van der Waals surface area contributed by atoms with Gasteiger partial charge in [0.15, 0.2) is 0 Å². The van der Waals surface area contributed by atoms with Crippen molar-refractivity contribution in [3.05, 3.63) is 23.0 Å². The molecule has 0 saturated carbocycles. The van der Waals surface area contributed by atoms with E-state index in [4.69, 9.17) is 4.74 Å². The minimum atomic E-state index is 0.104. The molecule has 0 radical (unpaired) electrons. The number of hydrogen-bond donors (Lipinski definition) is 0. The van der Waals surface area contributed by atoms with Gasteiger partial charge in [-0.1, -0.05) is 13.8 Å². The lowest BCUT2D eigenvalue weighted by Gasteiger charge is -2.23. The number of hydrogen-bond acceptors (Lipinski definition) is 3. The summed E-state index contributed by atoms with van der Waals surface area (Å²) in [7, 11) is 3.51. The van der Waals surface area contributed by atoms with E-state index < -0.39 is 0 Å². The average Bonchev–Trinajstić information content (AvgIpc) is 2.43. The summed E-state index contributed by atoms with van der Waals surface area (Å²) >= 11 is 0. The molecule has 1 aromatic heterocycles. The van der Waals surface area contributed by atoms with Crippen LogP contribution in [0.4, 0.5) is 0 Å². The standard InChI is InChI=1S/C16H26N2O2/c1-7-13(8-2)16(19)18(5)10-14-12(4)15(20-6)11(3)9-17-14/h9,13H,7-8,10H2,1-6H3. The maximum atomic E-state index is 12.3. The molecule has 0 fully saturated rings. The van der Waals surface area contributed by atoms with Crippen LogP contribution in [0.5, 0.6) is 5.75 Å². The van der Waals surface area contributed by atoms with Crippen LogP contribution in [0.25, 0.3) is 0 Å². The van der Waals surface area contributed by atoms with Crippen molar-refractivity contribution in [3.8, 4) is 5.75 Å². The monoisotopic (exact) mass is 278 g/mol. The Morgan fingerprint density at radius 2 is 1.95 bits per heavy atom. The van der Waals surface area contributed by atoms with Crippen LogP contribution in [0.2, 0.25) is 0 Å². The molecule has 4 heteroatoms. The molecule has 0 saturated heterocycles. The molecule has 1 aromatic rings. The van der Waals surface area contributed by atoms with Crippen molar-refractivity contribution >= 4 is 5.91 Å². The molecular formula is C16H26N2O2. The van der Waals surface area contributed by atoms with Gasteiger partial charge in [-0.3, -0.25) is 9.78 Å². The number of ether oxygens (including phenoxy) is 1. The van der Waals surface area contributed by atoms with Crippen LogP contribution < -0.4 is 4.74 Å². The largest absolute Gasteiger partial charge is 0.496 e. The number of rotatable bonds is 6. The predicted molar refractivity (Wildman–Crippen MR) is 80.8 cm³/mol. The Morgan fingerprint density at radius 1 is 1.35 bits per heavy atom. The van der Waals surface area contributed by atoms with E-state index in [1.807, 2.05) is 20.9 Å². The molecule has 1 rings (SSSR count). The minimum absolute atomic E-state index is 0.104. The minimum Gasteiger partial charge on any atom is -0.496 e. The number of carbonyl (C=O) groups excluding carboxylic acids is 1. The summed E-state index contributed by atoms with van der Waals surface area (Å²) in [4.78, 5) is 18.5. The lowest BCUT2D eigenvalue weighted by molar-refractivity contribution is -0.135. The van der Waals surface area contributed by atoms with Crippen LogP contribution in [0.15, 0.2) is 6.20 Å². The molecule has 0 aliphatic carbocycles. The molecule has 1 amide bonds. The highest BCUT2D eigenvalue weighted by atomic mass is 16.5. The summed E-state index contributed by atoms with van der Waals surface area (Å²) in [5, 5.41) is 0. The van der Waals surface area contributed by atoms with Gasteiger partial charge < -0.3 is 9.64 Å². The first-order valence-electron chi connectivity index (χ1n) is 7.20. The Balaban J connectivity index is 2.91. The maximum absolute atomic E-state index is 12.3. The van der Waals surface area contributed by atoms with Gasteiger partial charge in [-0.05, 0) is 26.7 Å². The normalized spacial score (nSPS) is 10.8. The van der Waals surface area contributed by atoms with E-state index >= 15 is 0 Å². The molecule has 20 heavy (non-hydrogen) atoms. The smallest absolute Gasteiger partial charge is 0.225 e. The summed E-state index contributed by atoms with van der Waals surface area (Å²) in [5.74, 6) is 1.15. The first kappa shape index (κ1) is 16.5. The molecule has 0 aliphatic heterocycles. The van der Waals surface area contributed by atoms with Crippen molar-refractivity contribution in [1.82, 2.24) is 9.88 Å². The lowest BCUT2D eigenvalue weighted by Crippen LogP contribution is -2.32. The number of methoxy groups -OCH3 is 1. The summed E-state index contributed by atoms with van der Waals surface area (Å²) in [6, 6.07) is 0. The molecule has 1 heterocycles. The zero-order chi connectivity index (χ0) is 15.3. The highest BCUT2D eigenvalue weighted by molar-refractivity contribution is 5.78. The summed E-state index contributed by atoms with van der Waals surface area (Å²) in [6.45, 7) is 8.60. The van der Waals surface area contributed by atoms with Gasteiger partial charge >= 0.3 is 0 Å². The van der Waals surface area contributed by atoms with E-state index in [0.29, 0.717) is 6.54 Å². The van der Waals surface area contributed by atoms with E-state index in [-0.39, 0.29) is 11.8 Å². The van der Waals surface area contributed by atoms with Crippen LogP contribution in [-0.4, -0.2) is 29.9 Å². The van der Waals surface area contributed by atoms with E-state index in [1.165, 1.54) is 0 Å². The molecule has 0 unspecified atom stereocenters. The van der Waals surface area contributed by atoms with Crippen LogP contribution in [0, 0.1) is 19.8 Å². The molecule has 4 nitrogen and oxygen atoms in total. The first-order chi connectivity index (χ1) is 9.46. The highest BCUT2D eigenvalue weighted by Gasteiger charge is 2.20. The van der Waals surface area contributed by atoms with Crippen LogP contribution >= 0.6 is 0 Å². The van der Waals surface area contributed by atoms with Crippen molar-refractivity contribution in [1.29, 1.82) is 0 Å². The molecule has 0 N–H and O–H groups in total. The number of amides is 1. The van der Waals surface area contributed by atoms with Crippen molar-refractivity contribution in [2.24, 2.45) is 5.92 Å². The Morgan fingerprint density at radius 3 is 2.45 bits per heavy atom. The SMILES string of the molecule is CCC(CC)C(=O)N(C)Cc1ncc(C)c(OC)c1C. The average molecular weight is 278 g/mol. The van der Waals surface area contributed by atoms with Crippen molar-refractivity contribution in [3.63, 3.8) is 0 Å². The zero-order valence-corrected chi connectivity index (χ0v) is 13.5. The summed E-state index contributed by atoms with van der Waals surface area (Å²) in [5.41, 5.74) is 2.92. The lowest BCUT2D eigenvalue weighted by atomic mass is 10.0. The molecule has 112 valence electrons. The van der Waals surface area contributed by atoms with Gasteiger partial charge in [-0.15, -0.1) is 0 Å². The van der Waals surface area contributed by atoms with Crippen LogP contribution in [0.3, 0.4) is 0 Å². The van der Waals surface area contributed by atoms with Crippen LogP contribution in [0.1, 0.15) is 43.5 Å². The van der Waals surface area contributed by atoms with Crippen LogP contribution in [-0.2, 0) is 11.3 Å². The highest BCUT2D eigenvalue weighted by Crippen LogP contribution is 2.25. The first-order valence-corrected chi connectivity index (χ1v) is 7.20. The Kier molecular flexibility index (Phi) is 5.99. The summed E-state index contributed by atoms with van der Waals surface area (Å²) < 4.78 is 5.40. The van der Waals surface area contributed by atoms with Crippen molar-refractivity contribution in [2.45, 2.75) is 47.1 Å². The van der Waals surface area contributed by atoms with Gasteiger partial charge in [0.2, 0.25) is 5.91 Å². The van der Waals surface area contributed by atoms with E-state index in [9.17, 15) is 4.79 Å². The number of nitrogens with zero attached hydrogens (tertiary/aromatic N) is 2. The van der Waals surface area contributed by atoms with Gasteiger partial charge in [0.1, 0.15) is 5.75 Å². The van der Waals surface area contributed by atoms with Gasteiger partial charge in [0.05, 0.1) is 19.3 Å². The second kappa shape index (κ2) is 7.27. The zero-order valence-electron chi connectivity index (χ0n) is 13.5. The van der Waals surface area contributed by atoms with E-state index in [2.05, 4.69) is 18.8 Å². The quantitative estimate of drug-likeness (QED) is 0.803. The second-order valence-electron chi connectivity index (χ2n) is 5.25. The third-order valence-electron chi connectivity index (χ3n) is 3.85. The number of aromatic nitrogens is 1. The molecule has 0 bridgehead atoms. The maximum Gasteiger partial charge on any atom is 0.225 e. The van der Waals surface area contributed by atoms with Gasteiger partial charge in [0, 0.05) is 30.3 Å². The topological polar surface area (TPSA) is 42.4 Å². The number of pyridine rings is 1. The third-order valence-corrected chi connectivity index (χ3v) is 3.85. The molecule has 0 spiro atoms. The Labute approximate surface area is 122 Å². The van der Waals surface area contributed by atoms with Crippen molar-refractivity contribution < 1.29 is 9.53 Å². The van der Waals surface area contributed by atoms with E-state index in [0.717, 1.165) is 35.4 Å². The fraction of sp³-hybridized carbons (Fsp3) is 0.625. The molecule has 0 atom stereocenters. The number of carbonyl (C=O) groups is 1. The fourth-order valence-electron chi connectivity index (χ4n) is 2.48. The number of aryl methyl sites for hydroxylation is 1. The van der Waals surface area contributed by atoms with E-state index in [1.54, 1.807) is 18.2 Å². The molecular weight excluding hydrogens is 252 g/mol. The molecule has 0 aliphatic rings. The molecule has 0 aromatic carbocycles. The fourth-order valence-corrected chi connectivity index (χ4v) is 2.48. The summed E-state index contributed by atoms with van der Waals surface area (Å²) in [6.07, 6.45) is 3.56. The van der Waals surface area contributed by atoms with Gasteiger partial charge in [-0.2, -0.15) is 0 Å². The third kappa shape index (κ3) is 3.50.